The minimum atomic E-state index is -0.386. The fraction of sp³-hybridized carbons (Fsp3) is 0.125. The number of carbonyl (C=O) groups is 1. The molecule has 0 aliphatic carbocycles. The van der Waals surface area contributed by atoms with Crippen molar-refractivity contribution in [3.8, 4) is 0 Å². The van der Waals surface area contributed by atoms with Crippen LogP contribution in [-0.2, 0) is 0 Å². The van der Waals surface area contributed by atoms with Crippen LogP contribution in [0.4, 0.5) is 5.69 Å². The minimum Gasteiger partial charge on any atom is -0.319 e. The van der Waals surface area contributed by atoms with Crippen molar-refractivity contribution < 1.29 is 4.79 Å². The van der Waals surface area contributed by atoms with Crippen LogP contribution in [0.3, 0.4) is 0 Å². The molecular formula is C16H13ClN4OS. The van der Waals surface area contributed by atoms with E-state index in [9.17, 15) is 4.79 Å². The lowest BCUT2D eigenvalue weighted by molar-refractivity contribution is 0.102. The summed E-state index contributed by atoms with van der Waals surface area (Å²) in [4.78, 5) is 25.2. The molecule has 0 fully saturated rings. The third-order valence-electron chi connectivity index (χ3n) is 3.23. The Hall–Kier alpha value is -2.18. The maximum absolute atomic E-state index is 12.5. The van der Waals surface area contributed by atoms with Crippen molar-refractivity contribution in [1.82, 2.24) is 15.0 Å². The van der Waals surface area contributed by atoms with Gasteiger partial charge in [-0.05, 0) is 25.3 Å². The van der Waals surface area contributed by atoms with Crippen LogP contribution in [0, 0.1) is 6.92 Å². The Morgan fingerprint density at radius 2 is 2.04 bits per heavy atom. The minimum absolute atomic E-state index is 0.149. The number of hydrogen-bond acceptors (Lipinski definition) is 5. The molecule has 0 saturated heterocycles. The van der Waals surface area contributed by atoms with Crippen molar-refractivity contribution >= 4 is 45.9 Å². The predicted molar refractivity (Wildman–Crippen MR) is 93.3 cm³/mol. The van der Waals surface area contributed by atoms with Crippen molar-refractivity contribution in [3.63, 3.8) is 0 Å². The zero-order chi connectivity index (χ0) is 16.4. The Morgan fingerprint density at radius 1 is 1.22 bits per heavy atom. The average Bonchev–Trinajstić information content (AvgIpc) is 2.55. The largest absolute Gasteiger partial charge is 0.319 e. The number of pyridine rings is 1. The summed E-state index contributed by atoms with van der Waals surface area (Å²) in [6, 6.07) is 9.51. The molecule has 7 heteroatoms. The van der Waals surface area contributed by atoms with Crippen LogP contribution in [0.1, 0.15) is 16.2 Å². The second kappa shape index (κ2) is 6.52. The first-order valence-electron chi connectivity index (χ1n) is 6.83. The molecule has 1 aromatic carbocycles. The van der Waals surface area contributed by atoms with E-state index in [2.05, 4.69) is 20.3 Å². The lowest BCUT2D eigenvalue weighted by atomic mass is 10.1. The summed E-state index contributed by atoms with van der Waals surface area (Å²) in [6.45, 7) is 1.91. The van der Waals surface area contributed by atoms with Gasteiger partial charge >= 0.3 is 0 Å². The molecule has 0 radical (unpaired) electrons. The zero-order valence-corrected chi connectivity index (χ0v) is 14.1. The number of nitrogens with one attached hydrogen (secondary N) is 1. The second-order valence-electron chi connectivity index (χ2n) is 4.84. The summed E-state index contributed by atoms with van der Waals surface area (Å²) < 4.78 is 0. The fourth-order valence-corrected chi connectivity index (χ4v) is 2.65. The third kappa shape index (κ3) is 3.28. The Bertz CT molecular complexity index is 900. The molecular weight excluding hydrogens is 332 g/mol. The van der Waals surface area contributed by atoms with Gasteiger partial charge in [-0.25, -0.2) is 9.97 Å². The maximum atomic E-state index is 12.5. The van der Waals surface area contributed by atoms with Gasteiger partial charge in [0, 0.05) is 11.1 Å². The molecule has 0 unspecified atom stereocenters. The van der Waals surface area contributed by atoms with Crippen LogP contribution in [0.15, 0.2) is 41.7 Å². The summed E-state index contributed by atoms with van der Waals surface area (Å²) in [5, 5.41) is 4.49. The van der Waals surface area contributed by atoms with Crippen molar-refractivity contribution in [2.75, 3.05) is 11.6 Å². The van der Waals surface area contributed by atoms with Gasteiger partial charge in [-0.15, -0.1) is 0 Å². The van der Waals surface area contributed by atoms with Gasteiger partial charge < -0.3 is 5.32 Å². The summed E-state index contributed by atoms with van der Waals surface area (Å²) >= 11 is 7.39. The molecule has 0 bridgehead atoms. The van der Waals surface area contributed by atoms with Crippen LogP contribution >= 0.6 is 23.4 Å². The molecule has 2 aromatic heterocycles. The zero-order valence-electron chi connectivity index (χ0n) is 12.5. The van der Waals surface area contributed by atoms with E-state index in [0.29, 0.717) is 10.8 Å². The number of thioether (sulfide) groups is 1. The Labute approximate surface area is 142 Å². The number of rotatable bonds is 3. The van der Waals surface area contributed by atoms with E-state index in [-0.39, 0.29) is 16.6 Å². The van der Waals surface area contributed by atoms with E-state index < -0.39 is 0 Å². The van der Waals surface area contributed by atoms with Gasteiger partial charge in [0.25, 0.3) is 5.91 Å². The number of carbonyl (C=O) groups excluding carboxylic acids is 1. The van der Waals surface area contributed by atoms with Crippen LogP contribution in [0.5, 0.6) is 0 Å². The highest BCUT2D eigenvalue weighted by atomic mass is 35.5. The number of halogens is 1. The number of fused-ring (bicyclic) bond motifs is 1. The van der Waals surface area contributed by atoms with E-state index in [4.69, 9.17) is 11.6 Å². The normalized spacial score (nSPS) is 10.7. The van der Waals surface area contributed by atoms with Gasteiger partial charge in [-0.1, -0.05) is 41.6 Å². The van der Waals surface area contributed by atoms with E-state index in [1.165, 1.54) is 18.0 Å². The molecule has 0 spiro atoms. The molecule has 1 amide bonds. The first-order chi connectivity index (χ1) is 11.1. The van der Waals surface area contributed by atoms with Crippen molar-refractivity contribution in [1.29, 1.82) is 0 Å². The molecule has 0 atom stereocenters. The summed E-state index contributed by atoms with van der Waals surface area (Å²) in [5.74, 6) is -0.386. The molecule has 2 heterocycles. The standard InChI is InChI=1S/C16H13ClN4OS/c1-9-6-7-10-4-3-5-12(13(10)19-9)20-15(22)14-11(17)8-18-16(21-14)23-2/h3-8H,1-2H3,(H,20,22). The van der Waals surface area contributed by atoms with Gasteiger partial charge in [0.1, 0.15) is 0 Å². The molecule has 23 heavy (non-hydrogen) atoms. The molecule has 0 aliphatic rings. The molecule has 0 saturated carbocycles. The number of amides is 1. The van der Waals surface area contributed by atoms with Gasteiger partial charge in [0.2, 0.25) is 0 Å². The quantitative estimate of drug-likeness (QED) is 0.575. The molecule has 0 aliphatic heterocycles. The van der Waals surface area contributed by atoms with Gasteiger partial charge in [0.05, 0.1) is 22.4 Å². The number of aromatic nitrogens is 3. The molecule has 1 N–H and O–H groups in total. The Kier molecular flexibility index (Phi) is 4.45. The highest BCUT2D eigenvalue weighted by Crippen LogP contribution is 2.23. The maximum Gasteiger partial charge on any atom is 0.276 e. The highest BCUT2D eigenvalue weighted by molar-refractivity contribution is 7.98. The lowest BCUT2D eigenvalue weighted by Gasteiger charge is -2.09. The third-order valence-corrected chi connectivity index (χ3v) is 4.07. The first kappa shape index (κ1) is 15.7. The Balaban J connectivity index is 1.99. The van der Waals surface area contributed by atoms with Gasteiger partial charge in [-0.3, -0.25) is 9.78 Å². The van der Waals surface area contributed by atoms with E-state index in [0.717, 1.165) is 16.6 Å². The number of benzene rings is 1. The van der Waals surface area contributed by atoms with E-state index >= 15 is 0 Å². The Morgan fingerprint density at radius 3 is 2.83 bits per heavy atom. The summed E-state index contributed by atoms with van der Waals surface area (Å²) in [7, 11) is 0. The monoisotopic (exact) mass is 344 g/mol. The van der Waals surface area contributed by atoms with E-state index in [1.54, 1.807) is 6.07 Å². The lowest BCUT2D eigenvalue weighted by Crippen LogP contribution is -2.15. The average molecular weight is 345 g/mol. The van der Waals surface area contributed by atoms with Crippen LogP contribution in [0.25, 0.3) is 10.9 Å². The number of nitrogens with zero attached hydrogens (tertiary/aromatic N) is 3. The van der Waals surface area contributed by atoms with Gasteiger partial charge in [-0.2, -0.15) is 0 Å². The highest BCUT2D eigenvalue weighted by Gasteiger charge is 2.15. The molecule has 3 aromatic rings. The van der Waals surface area contributed by atoms with Crippen LogP contribution in [0.2, 0.25) is 5.02 Å². The van der Waals surface area contributed by atoms with E-state index in [1.807, 2.05) is 37.4 Å². The fourth-order valence-electron chi connectivity index (χ4n) is 2.14. The summed E-state index contributed by atoms with van der Waals surface area (Å²) in [6.07, 6.45) is 3.27. The number of hydrogen-bond donors (Lipinski definition) is 1. The smallest absolute Gasteiger partial charge is 0.276 e. The molecule has 5 nitrogen and oxygen atoms in total. The van der Waals surface area contributed by atoms with Gasteiger partial charge in [0.15, 0.2) is 10.9 Å². The number of aryl methyl sites for hydroxylation is 1. The second-order valence-corrected chi connectivity index (χ2v) is 6.02. The van der Waals surface area contributed by atoms with Crippen LogP contribution in [-0.4, -0.2) is 27.1 Å². The number of para-hydroxylation sites is 1. The topological polar surface area (TPSA) is 67.8 Å². The summed E-state index contributed by atoms with van der Waals surface area (Å²) in [5.41, 5.74) is 2.38. The number of anilines is 1. The molecule has 116 valence electrons. The predicted octanol–water partition coefficient (Wildman–Crippen LogP) is 3.96. The molecule has 3 rings (SSSR count). The van der Waals surface area contributed by atoms with Crippen LogP contribution < -0.4 is 5.32 Å². The van der Waals surface area contributed by atoms with Crippen molar-refractivity contribution in [2.45, 2.75) is 12.1 Å². The van der Waals surface area contributed by atoms with Crippen molar-refractivity contribution in [3.05, 3.63) is 52.9 Å². The SMILES string of the molecule is CSc1ncc(Cl)c(C(=O)Nc2cccc3ccc(C)nc23)n1. The van der Waals surface area contributed by atoms with Crippen molar-refractivity contribution in [2.24, 2.45) is 0 Å². The first-order valence-corrected chi connectivity index (χ1v) is 8.43.